The van der Waals surface area contributed by atoms with Crippen LogP contribution in [0.5, 0.6) is 0 Å². The van der Waals surface area contributed by atoms with Crippen LogP contribution in [0.2, 0.25) is 0 Å². The normalized spacial score (nSPS) is 11.9. The number of anilines is 1. The standard InChI is InChI=1S/C17H25BrN2/c1-5-10-19-14(4)16-13-15(18)8-9-17(16)20(11-6-2)12-7-3/h6-9,13-14,19H,2-3,5,10-12H2,1,4H3. The molecule has 1 rings (SSSR count). The Morgan fingerprint density at radius 1 is 1.30 bits per heavy atom. The minimum Gasteiger partial charge on any atom is -0.364 e. The molecule has 110 valence electrons. The largest absolute Gasteiger partial charge is 0.364 e. The Morgan fingerprint density at radius 2 is 1.95 bits per heavy atom. The number of nitrogens with one attached hydrogen (secondary N) is 1. The van der Waals surface area contributed by atoms with Crippen LogP contribution in [0.4, 0.5) is 5.69 Å². The average Bonchev–Trinajstić information content (AvgIpc) is 2.44. The lowest BCUT2D eigenvalue weighted by atomic mass is 10.0. The van der Waals surface area contributed by atoms with Crippen molar-refractivity contribution in [1.29, 1.82) is 0 Å². The summed E-state index contributed by atoms with van der Waals surface area (Å²) in [5, 5.41) is 3.56. The fraction of sp³-hybridized carbons (Fsp3) is 0.412. The fourth-order valence-corrected chi connectivity index (χ4v) is 2.59. The van der Waals surface area contributed by atoms with Gasteiger partial charge >= 0.3 is 0 Å². The minimum absolute atomic E-state index is 0.319. The predicted octanol–water partition coefficient (Wildman–Crippen LogP) is 4.69. The second kappa shape index (κ2) is 8.98. The minimum atomic E-state index is 0.319. The highest BCUT2D eigenvalue weighted by Gasteiger charge is 2.14. The number of halogens is 1. The summed E-state index contributed by atoms with van der Waals surface area (Å²) in [7, 11) is 0. The van der Waals surface area contributed by atoms with Gasteiger partial charge in [0.15, 0.2) is 0 Å². The molecule has 1 N–H and O–H groups in total. The quantitative estimate of drug-likeness (QED) is 0.658. The zero-order chi connectivity index (χ0) is 15.0. The van der Waals surface area contributed by atoms with E-state index in [0.29, 0.717) is 6.04 Å². The smallest absolute Gasteiger partial charge is 0.0421 e. The van der Waals surface area contributed by atoms with Gasteiger partial charge in [-0.1, -0.05) is 35.0 Å². The second-order valence-corrected chi connectivity index (χ2v) is 5.78. The maximum absolute atomic E-state index is 3.85. The molecule has 0 aliphatic heterocycles. The molecule has 1 aromatic rings. The summed E-state index contributed by atoms with van der Waals surface area (Å²) < 4.78 is 1.11. The van der Waals surface area contributed by atoms with E-state index in [0.717, 1.165) is 30.5 Å². The molecule has 3 heteroatoms. The van der Waals surface area contributed by atoms with Gasteiger partial charge in [-0.15, -0.1) is 13.2 Å². The Bertz CT molecular complexity index is 433. The van der Waals surface area contributed by atoms with Gasteiger partial charge in [0.25, 0.3) is 0 Å². The first kappa shape index (κ1) is 17.0. The molecule has 0 spiro atoms. The van der Waals surface area contributed by atoms with Crippen molar-refractivity contribution in [3.8, 4) is 0 Å². The summed E-state index contributed by atoms with van der Waals surface area (Å²) in [5.74, 6) is 0. The first-order valence-corrected chi connectivity index (χ1v) is 7.92. The summed E-state index contributed by atoms with van der Waals surface area (Å²) in [4.78, 5) is 2.28. The molecule has 0 radical (unpaired) electrons. The van der Waals surface area contributed by atoms with Crippen LogP contribution < -0.4 is 10.2 Å². The van der Waals surface area contributed by atoms with Crippen LogP contribution in [0.15, 0.2) is 48.0 Å². The molecule has 1 unspecified atom stereocenters. The molecule has 0 aliphatic rings. The summed E-state index contributed by atoms with van der Waals surface area (Å²) in [6.07, 6.45) is 5.00. The SMILES string of the molecule is C=CCN(CC=C)c1ccc(Br)cc1C(C)NCCC. The molecule has 1 atom stereocenters. The lowest BCUT2D eigenvalue weighted by Crippen LogP contribution is -2.27. The van der Waals surface area contributed by atoms with Gasteiger partial charge in [-0.25, -0.2) is 0 Å². The van der Waals surface area contributed by atoms with E-state index >= 15 is 0 Å². The van der Waals surface area contributed by atoms with E-state index in [9.17, 15) is 0 Å². The summed E-state index contributed by atoms with van der Waals surface area (Å²) in [6, 6.07) is 6.77. The van der Waals surface area contributed by atoms with Gasteiger partial charge in [-0.3, -0.25) is 0 Å². The Morgan fingerprint density at radius 3 is 2.50 bits per heavy atom. The fourth-order valence-electron chi connectivity index (χ4n) is 2.21. The van der Waals surface area contributed by atoms with Crippen LogP contribution in [0.25, 0.3) is 0 Å². The summed E-state index contributed by atoms with van der Waals surface area (Å²) in [5.41, 5.74) is 2.54. The lowest BCUT2D eigenvalue weighted by Gasteiger charge is -2.27. The third kappa shape index (κ3) is 4.80. The Hall–Kier alpha value is -1.06. The van der Waals surface area contributed by atoms with Crippen LogP contribution in [0, 0.1) is 0 Å². The molecule has 0 aromatic heterocycles. The van der Waals surface area contributed by atoms with Gasteiger partial charge in [0.1, 0.15) is 0 Å². The first-order valence-electron chi connectivity index (χ1n) is 7.13. The maximum atomic E-state index is 3.85. The van der Waals surface area contributed by atoms with Crippen molar-refractivity contribution < 1.29 is 0 Å². The Kier molecular flexibility index (Phi) is 7.63. The van der Waals surface area contributed by atoms with E-state index in [1.54, 1.807) is 0 Å². The van der Waals surface area contributed by atoms with Crippen molar-refractivity contribution in [1.82, 2.24) is 5.32 Å². The van der Waals surface area contributed by atoms with E-state index in [2.05, 4.69) is 71.4 Å². The van der Waals surface area contributed by atoms with E-state index < -0.39 is 0 Å². The molecule has 1 aromatic carbocycles. The molecule has 20 heavy (non-hydrogen) atoms. The van der Waals surface area contributed by atoms with Crippen LogP contribution in [-0.4, -0.2) is 19.6 Å². The average molecular weight is 337 g/mol. The molecule has 0 aliphatic carbocycles. The van der Waals surface area contributed by atoms with Crippen LogP contribution in [0.3, 0.4) is 0 Å². The monoisotopic (exact) mass is 336 g/mol. The first-order chi connectivity index (χ1) is 9.63. The van der Waals surface area contributed by atoms with E-state index in [1.807, 2.05) is 12.2 Å². The van der Waals surface area contributed by atoms with Crippen molar-refractivity contribution in [3.63, 3.8) is 0 Å². The summed E-state index contributed by atoms with van der Waals surface area (Å²) >= 11 is 3.57. The number of hydrogen-bond acceptors (Lipinski definition) is 2. The molecule has 0 saturated carbocycles. The summed E-state index contributed by atoms with van der Waals surface area (Å²) in [6.45, 7) is 14.8. The van der Waals surface area contributed by atoms with Gasteiger partial charge in [-0.05, 0) is 43.7 Å². The van der Waals surface area contributed by atoms with Crippen LogP contribution in [0.1, 0.15) is 31.9 Å². The highest BCUT2D eigenvalue weighted by atomic mass is 79.9. The zero-order valence-corrected chi connectivity index (χ0v) is 14.1. The molecular weight excluding hydrogens is 312 g/mol. The van der Waals surface area contributed by atoms with Gasteiger partial charge in [-0.2, -0.15) is 0 Å². The topological polar surface area (TPSA) is 15.3 Å². The highest BCUT2D eigenvalue weighted by molar-refractivity contribution is 9.10. The number of rotatable bonds is 9. The maximum Gasteiger partial charge on any atom is 0.0421 e. The van der Waals surface area contributed by atoms with E-state index in [-0.39, 0.29) is 0 Å². The lowest BCUT2D eigenvalue weighted by molar-refractivity contribution is 0.569. The van der Waals surface area contributed by atoms with Crippen molar-refractivity contribution in [2.24, 2.45) is 0 Å². The molecule has 0 amide bonds. The van der Waals surface area contributed by atoms with Gasteiger partial charge in [0.05, 0.1) is 0 Å². The number of hydrogen-bond donors (Lipinski definition) is 1. The van der Waals surface area contributed by atoms with E-state index in [1.165, 1.54) is 11.3 Å². The zero-order valence-electron chi connectivity index (χ0n) is 12.5. The molecule has 0 heterocycles. The van der Waals surface area contributed by atoms with Gasteiger partial charge in [0.2, 0.25) is 0 Å². The molecular formula is C17H25BrN2. The van der Waals surface area contributed by atoms with Crippen LogP contribution >= 0.6 is 15.9 Å². The van der Waals surface area contributed by atoms with Crippen molar-refractivity contribution in [3.05, 3.63) is 53.5 Å². The number of benzene rings is 1. The molecule has 0 fully saturated rings. The second-order valence-electron chi connectivity index (χ2n) is 4.86. The molecule has 0 bridgehead atoms. The van der Waals surface area contributed by atoms with Gasteiger partial charge < -0.3 is 10.2 Å². The van der Waals surface area contributed by atoms with E-state index in [4.69, 9.17) is 0 Å². The Labute approximate surface area is 131 Å². The highest BCUT2D eigenvalue weighted by Crippen LogP contribution is 2.29. The third-order valence-electron chi connectivity index (χ3n) is 3.20. The molecule has 0 saturated heterocycles. The van der Waals surface area contributed by atoms with Crippen molar-refractivity contribution in [2.45, 2.75) is 26.3 Å². The molecule has 2 nitrogen and oxygen atoms in total. The number of nitrogens with zero attached hydrogens (tertiary/aromatic N) is 1. The predicted molar refractivity (Wildman–Crippen MR) is 93.5 cm³/mol. The van der Waals surface area contributed by atoms with Crippen molar-refractivity contribution >= 4 is 21.6 Å². The van der Waals surface area contributed by atoms with Gasteiger partial charge in [0, 0.05) is 29.3 Å². The van der Waals surface area contributed by atoms with Crippen molar-refractivity contribution in [2.75, 3.05) is 24.5 Å². The Balaban J connectivity index is 3.09. The third-order valence-corrected chi connectivity index (χ3v) is 3.69. The van der Waals surface area contributed by atoms with Crippen LogP contribution in [-0.2, 0) is 0 Å².